The number of carbonyl (C=O) groups is 1. The van der Waals surface area contributed by atoms with Crippen molar-refractivity contribution in [2.45, 2.75) is 23.7 Å². The Kier molecular flexibility index (Phi) is 5.12. The first-order chi connectivity index (χ1) is 10.8. The highest BCUT2D eigenvalue weighted by Crippen LogP contribution is 2.26. The zero-order valence-corrected chi connectivity index (χ0v) is 14.1. The molecule has 0 saturated carbocycles. The molecule has 1 unspecified atom stereocenters. The SMILES string of the molecule is CSc1ccc(NC(=O)c2csc(C3CCCNC3)n2)cc1. The molecule has 1 fully saturated rings. The summed E-state index contributed by atoms with van der Waals surface area (Å²) in [6, 6.07) is 7.84. The molecular weight excluding hydrogens is 314 g/mol. The molecule has 4 nitrogen and oxygen atoms in total. The monoisotopic (exact) mass is 333 g/mol. The number of amides is 1. The molecule has 116 valence electrons. The van der Waals surface area contributed by atoms with E-state index in [1.807, 2.05) is 35.9 Å². The van der Waals surface area contributed by atoms with Crippen LogP contribution < -0.4 is 10.6 Å². The van der Waals surface area contributed by atoms with Gasteiger partial charge < -0.3 is 10.6 Å². The summed E-state index contributed by atoms with van der Waals surface area (Å²) in [5, 5.41) is 9.21. The number of nitrogens with zero attached hydrogens (tertiary/aromatic N) is 1. The molecule has 2 aromatic rings. The van der Waals surface area contributed by atoms with Crippen LogP contribution in [0, 0.1) is 0 Å². The van der Waals surface area contributed by atoms with E-state index >= 15 is 0 Å². The molecule has 0 bridgehead atoms. The Morgan fingerprint density at radius 2 is 2.23 bits per heavy atom. The summed E-state index contributed by atoms with van der Waals surface area (Å²) >= 11 is 3.27. The van der Waals surface area contributed by atoms with Gasteiger partial charge in [-0.15, -0.1) is 23.1 Å². The minimum Gasteiger partial charge on any atom is -0.321 e. The number of rotatable bonds is 4. The largest absolute Gasteiger partial charge is 0.321 e. The molecular formula is C16H19N3OS2. The van der Waals surface area contributed by atoms with Crippen molar-refractivity contribution in [1.29, 1.82) is 0 Å². The third kappa shape index (κ3) is 3.69. The fourth-order valence-electron chi connectivity index (χ4n) is 2.51. The van der Waals surface area contributed by atoms with E-state index in [1.165, 1.54) is 11.3 Å². The van der Waals surface area contributed by atoms with E-state index in [4.69, 9.17) is 0 Å². The summed E-state index contributed by atoms with van der Waals surface area (Å²) in [4.78, 5) is 18.0. The molecule has 22 heavy (non-hydrogen) atoms. The van der Waals surface area contributed by atoms with Crippen molar-refractivity contribution in [2.24, 2.45) is 0 Å². The van der Waals surface area contributed by atoms with E-state index in [9.17, 15) is 4.79 Å². The molecule has 2 N–H and O–H groups in total. The van der Waals surface area contributed by atoms with Crippen molar-refractivity contribution in [1.82, 2.24) is 10.3 Å². The highest BCUT2D eigenvalue weighted by Gasteiger charge is 2.20. The summed E-state index contributed by atoms with van der Waals surface area (Å²) < 4.78 is 0. The molecule has 0 aliphatic carbocycles. The number of benzene rings is 1. The van der Waals surface area contributed by atoms with Crippen LogP contribution in [0.1, 0.15) is 34.3 Å². The Bertz CT molecular complexity index is 633. The molecule has 3 rings (SSSR count). The molecule has 1 aliphatic heterocycles. The Labute approximate surface area is 138 Å². The highest BCUT2D eigenvalue weighted by molar-refractivity contribution is 7.98. The third-order valence-electron chi connectivity index (χ3n) is 3.75. The first-order valence-electron chi connectivity index (χ1n) is 7.38. The quantitative estimate of drug-likeness (QED) is 0.840. The Hall–Kier alpha value is -1.37. The van der Waals surface area contributed by atoms with Crippen LogP contribution in [0.3, 0.4) is 0 Å². The summed E-state index contributed by atoms with van der Waals surface area (Å²) in [6.07, 6.45) is 4.36. The second-order valence-electron chi connectivity index (χ2n) is 5.30. The van der Waals surface area contributed by atoms with Gasteiger partial charge in [-0.05, 0) is 49.9 Å². The maximum Gasteiger partial charge on any atom is 0.275 e. The number of thioether (sulfide) groups is 1. The van der Waals surface area contributed by atoms with Gasteiger partial charge in [-0.1, -0.05) is 0 Å². The van der Waals surface area contributed by atoms with Crippen LogP contribution >= 0.6 is 23.1 Å². The van der Waals surface area contributed by atoms with Gasteiger partial charge in [-0.25, -0.2) is 4.98 Å². The standard InChI is InChI=1S/C16H19N3OS2/c1-21-13-6-4-12(5-7-13)18-15(20)14-10-22-16(19-14)11-3-2-8-17-9-11/h4-7,10-11,17H,2-3,8-9H2,1H3,(H,18,20). The first kappa shape index (κ1) is 15.5. The number of anilines is 1. The topological polar surface area (TPSA) is 54.0 Å². The average molecular weight is 333 g/mol. The van der Waals surface area contributed by atoms with Crippen molar-refractivity contribution >= 4 is 34.7 Å². The van der Waals surface area contributed by atoms with Crippen molar-refractivity contribution in [2.75, 3.05) is 24.7 Å². The van der Waals surface area contributed by atoms with E-state index in [2.05, 4.69) is 15.6 Å². The van der Waals surface area contributed by atoms with Gasteiger partial charge in [-0.3, -0.25) is 4.79 Å². The van der Waals surface area contributed by atoms with Gasteiger partial charge in [0, 0.05) is 28.4 Å². The minimum absolute atomic E-state index is 0.136. The predicted octanol–water partition coefficient (Wildman–Crippen LogP) is 3.58. The molecule has 2 heterocycles. The Morgan fingerprint density at radius 3 is 2.91 bits per heavy atom. The van der Waals surface area contributed by atoms with E-state index in [0.717, 1.165) is 30.2 Å². The lowest BCUT2D eigenvalue weighted by Crippen LogP contribution is -2.28. The third-order valence-corrected chi connectivity index (χ3v) is 5.50. The molecule has 1 atom stereocenters. The zero-order chi connectivity index (χ0) is 15.4. The number of aromatic nitrogens is 1. The lowest BCUT2D eigenvalue weighted by atomic mass is 10.0. The lowest BCUT2D eigenvalue weighted by molar-refractivity contribution is 0.102. The van der Waals surface area contributed by atoms with Crippen molar-refractivity contribution < 1.29 is 4.79 Å². The Morgan fingerprint density at radius 1 is 1.41 bits per heavy atom. The molecule has 1 aromatic carbocycles. The number of nitrogens with one attached hydrogen (secondary N) is 2. The fourth-order valence-corrected chi connectivity index (χ4v) is 3.86. The average Bonchev–Trinajstić information content (AvgIpc) is 3.06. The number of hydrogen-bond acceptors (Lipinski definition) is 5. The first-order valence-corrected chi connectivity index (χ1v) is 9.48. The van der Waals surface area contributed by atoms with Crippen LogP contribution in [0.4, 0.5) is 5.69 Å². The number of carbonyl (C=O) groups excluding carboxylic acids is 1. The van der Waals surface area contributed by atoms with Gasteiger partial charge in [0.05, 0.1) is 5.01 Å². The lowest BCUT2D eigenvalue weighted by Gasteiger charge is -2.20. The van der Waals surface area contributed by atoms with Crippen LogP contribution in [0.15, 0.2) is 34.5 Å². The van der Waals surface area contributed by atoms with Gasteiger partial charge in [0.25, 0.3) is 5.91 Å². The maximum absolute atomic E-state index is 12.3. The zero-order valence-electron chi connectivity index (χ0n) is 12.5. The predicted molar refractivity (Wildman–Crippen MR) is 93.1 cm³/mol. The maximum atomic E-state index is 12.3. The van der Waals surface area contributed by atoms with Crippen molar-refractivity contribution in [3.05, 3.63) is 40.3 Å². The fraction of sp³-hybridized carbons (Fsp3) is 0.375. The van der Waals surface area contributed by atoms with E-state index in [0.29, 0.717) is 11.6 Å². The molecule has 6 heteroatoms. The number of hydrogen-bond donors (Lipinski definition) is 2. The van der Waals surface area contributed by atoms with E-state index in [1.54, 1.807) is 23.1 Å². The van der Waals surface area contributed by atoms with Gasteiger partial charge in [0.15, 0.2) is 0 Å². The number of piperidine rings is 1. The van der Waals surface area contributed by atoms with Crippen LogP contribution in [0.5, 0.6) is 0 Å². The van der Waals surface area contributed by atoms with Gasteiger partial charge in [0.2, 0.25) is 0 Å². The molecule has 1 aromatic heterocycles. The van der Waals surface area contributed by atoms with Crippen LogP contribution in [-0.2, 0) is 0 Å². The second-order valence-corrected chi connectivity index (χ2v) is 7.07. The van der Waals surface area contributed by atoms with E-state index < -0.39 is 0 Å². The summed E-state index contributed by atoms with van der Waals surface area (Å²) in [5.74, 6) is 0.310. The van der Waals surface area contributed by atoms with Crippen LogP contribution in [0.2, 0.25) is 0 Å². The summed E-state index contributed by atoms with van der Waals surface area (Å²) in [5.41, 5.74) is 1.32. The normalized spacial score (nSPS) is 18.1. The molecule has 1 aliphatic rings. The van der Waals surface area contributed by atoms with Gasteiger partial charge in [0.1, 0.15) is 5.69 Å². The van der Waals surface area contributed by atoms with Crippen molar-refractivity contribution in [3.63, 3.8) is 0 Å². The molecule has 0 radical (unpaired) electrons. The van der Waals surface area contributed by atoms with Gasteiger partial charge in [-0.2, -0.15) is 0 Å². The highest BCUT2D eigenvalue weighted by atomic mass is 32.2. The summed E-state index contributed by atoms with van der Waals surface area (Å²) in [7, 11) is 0. The molecule has 1 amide bonds. The second kappa shape index (κ2) is 7.26. The van der Waals surface area contributed by atoms with Crippen LogP contribution in [0.25, 0.3) is 0 Å². The Balaban J connectivity index is 1.65. The van der Waals surface area contributed by atoms with Crippen molar-refractivity contribution in [3.8, 4) is 0 Å². The molecule has 0 spiro atoms. The summed E-state index contributed by atoms with van der Waals surface area (Å²) in [6.45, 7) is 2.05. The smallest absolute Gasteiger partial charge is 0.275 e. The van der Waals surface area contributed by atoms with E-state index in [-0.39, 0.29) is 5.91 Å². The minimum atomic E-state index is -0.136. The van der Waals surface area contributed by atoms with Gasteiger partial charge >= 0.3 is 0 Å². The number of thiazole rings is 1. The van der Waals surface area contributed by atoms with Crippen LogP contribution in [-0.4, -0.2) is 30.2 Å². The molecule has 1 saturated heterocycles.